The van der Waals surface area contributed by atoms with Crippen molar-refractivity contribution in [2.45, 2.75) is 6.42 Å². The molecule has 0 aromatic carbocycles. The van der Waals surface area contributed by atoms with Gasteiger partial charge in [-0.1, -0.05) is 5.10 Å². The van der Waals surface area contributed by atoms with E-state index in [1.807, 2.05) is 0 Å². The van der Waals surface area contributed by atoms with E-state index >= 15 is 0 Å². The lowest BCUT2D eigenvalue weighted by Crippen LogP contribution is -1.94. The van der Waals surface area contributed by atoms with Gasteiger partial charge in [-0.25, -0.2) is 0 Å². The summed E-state index contributed by atoms with van der Waals surface area (Å²) in [6.07, 6.45) is 5.62. The van der Waals surface area contributed by atoms with Crippen LogP contribution in [0.1, 0.15) is 6.42 Å². The molecule has 0 bridgehead atoms. The quantitative estimate of drug-likeness (QED) is 0.588. The standard InChI is InChI=1S/C6H5BrN2OS/c1-2-3-4-10-6-9-8-5(7)11-6/h1H,3-4H2. The lowest BCUT2D eigenvalue weighted by Gasteiger charge is -1.94. The fraction of sp³-hybridized carbons (Fsp3) is 0.333. The molecule has 0 radical (unpaired) electrons. The summed E-state index contributed by atoms with van der Waals surface area (Å²) in [6, 6.07) is 0. The number of rotatable bonds is 3. The van der Waals surface area contributed by atoms with Gasteiger partial charge in [-0.05, 0) is 27.3 Å². The van der Waals surface area contributed by atoms with Gasteiger partial charge < -0.3 is 4.74 Å². The molecule has 0 N–H and O–H groups in total. The van der Waals surface area contributed by atoms with Crippen LogP contribution in [0.5, 0.6) is 5.19 Å². The minimum atomic E-state index is 0.498. The zero-order chi connectivity index (χ0) is 8.10. The normalized spacial score (nSPS) is 9.09. The summed E-state index contributed by atoms with van der Waals surface area (Å²) in [4.78, 5) is 0. The summed E-state index contributed by atoms with van der Waals surface area (Å²) in [7, 11) is 0. The molecular weight excluding hydrogens is 228 g/mol. The van der Waals surface area contributed by atoms with Crippen molar-refractivity contribution in [3.05, 3.63) is 3.92 Å². The van der Waals surface area contributed by atoms with Gasteiger partial charge >= 0.3 is 0 Å². The minimum Gasteiger partial charge on any atom is -0.468 e. The minimum absolute atomic E-state index is 0.498. The van der Waals surface area contributed by atoms with Gasteiger partial charge in [0, 0.05) is 6.42 Å². The number of halogens is 1. The number of hydrogen-bond donors (Lipinski definition) is 0. The first-order chi connectivity index (χ1) is 5.33. The fourth-order valence-electron chi connectivity index (χ4n) is 0.449. The van der Waals surface area contributed by atoms with Crippen molar-refractivity contribution in [1.82, 2.24) is 10.2 Å². The third kappa shape index (κ3) is 2.87. The highest BCUT2D eigenvalue weighted by molar-refractivity contribution is 9.11. The Balaban J connectivity index is 2.34. The van der Waals surface area contributed by atoms with Crippen LogP contribution < -0.4 is 4.74 Å². The zero-order valence-electron chi connectivity index (χ0n) is 5.58. The van der Waals surface area contributed by atoms with Gasteiger partial charge in [-0.3, -0.25) is 0 Å². The molecule has 1 aromatic heterocycles. The average molecular weight is 233 g/mol. The van der Waals surface area contributed by atoms with E-state index in [1.165, 1.54) is 11.3 Å². The largest absolute Gasteiger partial charge is 0.468 e. The molecule has 1 rings (SSSR count). The highest BCUT2D eigenvalue weighted by atomic mass is 79.9. The molecule has 1 heterocycles. The Kier molecular flexibility index (Phi) is 3.33. The third-order valence-corrected chi connectivity index (χ3v) is 2.12. The van der Waals surface area contributed by atoms with E-state index in [4.69, 9.17) is 11.2 Å². The van der Waals surface area contributed by atoms with E-state index in [2.05, 4.69) is 32.0 Å². The van der Waals surface area contributed by atoms with Crippen LogP contribution in [0.15, 0.2) is 3.92 Å². The van der Waals surface area contributed by atoms with Crippen LogP contribution in [0.2, 0.25) is 0 Å². The average Bonchev–Trinajstić information content (AvgIpc) is 2.37. The van der Waals surface area contributed by atoms with Gasteiger partial charge in [0.25, 0.3) is 5.19 Å². The first-order valence-corrected chi connectivity index (χ1v) is 4.49. The molecule has 3 nitrogen and oxygen atoms in total. The Morgan fingerprint density at radius 3 is 3.00 bits per heavy atom. The Hall–Kier alpha value is -0.600. The Bertz CT molecular complexity index is 268. The van der Waals surface area contributed by atoms with Crippen LogP contribution in [-0.4, -0.2) is 16.8 Å². The molecule has 11 heavy (non-hydrogen) atoms. The van der Waals surface area contributed by atoms with Gasteiger partial charge in [-0.2, -0.15) is 0 Å². The fourth-order valence-corrected chi connectivity index (χ4v) is 1.39. The maximum Gasteiger partial charge on any atom is 0.294 e. The van der Waals surface area contributed by atoms with Crippen LogP contribution in [0.3, 0.4) is 0 Å². The molecule has 5 heteroatoms. The molecule has 0 saturated carbocycles. The van der Waals surface area contributed by atoms with Crippen LogP contribution in [0.4, 0.5) is 0 Å². The summed E-state index contributed by atoms with van der Waals surface area (Å²) in [5.74, 6) is 2.46. The molecule has 1 aromatic rings. The first-order valence-electron chi connectivity index (χ1n) is 2.88. The van der Waals surface area contributed by atoms with Crippen LogP contribution in [0.25, 0.3) is 0 Å². The van der Waals surface area contributed by atoms with Crippen molar-refractivity contribution in [1.29, 1.82) is 0 Å². The number of terminal acetylenes is 1. The summed E-state index contributed by atoms with van der Waals surface area (Å²) in [6.45, 7) is 0.498. The second-order valence-corrected chi connectivity index (χ2v) is 3.84. The molecule has 0 aliphatic carbocycles. The topological polar surface area (TPSA) is 35.0 Å². The van der Waals surface area contributed by atoms with Gasteiger partial charge in [0.15, 0.2) is 3.92 Å². The first kappa shape index (κ1) is 8.50. The Labute approximate surface area is 76.9 Å². The molecule has 0 atom stereocenters. The molecule has 58 valence electrons. The summed E-state index contributed by atoms with van der Waals surface area (Å²) in [5, 5.41) is 7.97. The predicted octanol–water partition coefficient (Wildman–Crippen LogP) is 1.70. The second-order valence-electron chi connectivity index (χ2n) is 1.62. The second kappa shape index (κ2) is 4.31. The summed E-state index contributed by atoms with van der Waals surface area (Å²) >= 11 is 4.51. The molecular formula is C6H5BrN2OS. The SMILES string of the molecule is C#CCCOc1nnc(Br)s1. The third-order valence-electron chi connectivity index (χ3n) is 0.854. The van der Waals surface area contributed by atoms with Gasteiger partial charge in [0.2, 0.25) is 0 Å². The number of nitrogens with zero attached hydrogens (tertiary/aromatic N) is 2. The zero-order valence-corrected chi connectivity index (χ0v) is 7.98. The van der Waals surface area contributed by atoms with Crippen LogP contribution >= 0.6 is 27.3 Å². The van der Waals surface area contributed by atoms with Crippen molar-refractivity contribution in [3.8, 4) is 17.5 Å². The summed E-state index contributed by atoms with van der Waals surface area (Å²) in [5.41, 5.74) is 0. The van der Waals surface area contributed by atoms with Crippen molar-refractivity contribution in [2.75, 3.05) is 6.61 Å². The molecule has 0 saturated heterocycles. The maximum absolute atomic E-state index is 5.14. The van der Waals surface area contributed by atoms with Gasteiger partial charge in [-0.15, -0.1) is 17.4 Å². The molecule has 0 spiro atoms. The van der Waals surface area contributed by atoms with Crippen molar-refractivity contribution in [3.63, 3.8) is 0 Å². The predicted molar refractivity (Wildman–Crippen MR) is 46.6 cm³/mol. The van der Waals surface area contributed by atoms with Crippen molar-refractivity contribution < 1.29 is 4.74 Å². The van der Waals surface area contributed by atoms with Gasteiger partial charge in [0.05, 0.1) is 0 Å². The van der Waals surface area contributed by atoms with E-state index < -0.39 is 0 Å². The molecule has 0 aliphatic heterocycles. The number of hydrogen-bond acceptors (Lipinski definition) is 4. The monoisotopic (exact) mass is 232 g/mol. The van der Waals surface area contributed by atoms with E-state index in [1.54, 1.807) is 0 Å². The van der Waals surface area contributed by atoms with Gasteiger partial charge in [0.1, 0.15) is 6.61 Å². The molecule has 0 fully saturated rings. The maximum atomic E-state index is 5.14. The Morgan fingerprint density at radius 1 is 1.64 bits per heavy atom. The van der Waals surface area contributed by atoms with Crippen molar-refractivity contribution >= 4 is 27.3 Å². The summed E-state index contributed by atoms with van der Waals surface area (Å²) < 4.78 is 5.86. The van der Waals surface area contributed by atoms with Crippen molar-refractivity contribution in [2.24, 2.45) is 0 Å². The van der Waals surface area contributed by atoms with Crippen LogP contribution in [-0.2, 0) is 0 Å². The highest BCUT2D eigenvalue weighted by Crippen LogP contribution is 2.21. The number of aromatic nitrogens is 2. The smallest absolute Gasteiger partial charge is 0.294 e. The van der Waals surface area contributed by atoms with E-state index in [0.717, 1.165) is 0 Å². The molecule has 0 unspecified atom stereocenters. The number of ether oxygens (including phenoxy) is 1. The highest BCUT2D eigenvalue weighted by Gasteiger charge is 1.99. The van der Waals surface area contributed by atoms with E-state index in [-0.39, 0.29) is 0 Å². The van der Waals surface area contributed by atoms with Crippen LogP contribution in [0, 0.1) is 12.3 Å². The van der Waals surface area contributed by atoms with E-state index in [0.29, 0.717) is 22.1 Å². The Morgan fingerprint density at radius 2 is 2.45 bits per heavy atom. The molecule has 0 aliphatic rings. The lowest BCUT2D eigenvalue weighted by molar-refractivity contribution is 0.322. The van der Waals surface area contributed by atoms with E-state index in [9.17, 15) is 0 Å². The molecule has 0 amide bonds. The lowest BCUT2D eigenvalue weighted by atomic mass is 10.5.